The molecule has 0 saturated carbocycles. The molecule has 0 aliphatic heterocycles. The van der Waals surface area contributed by atoms with Crippen LogP contribution in [-0.4, -0.2) is 12.8 Å². The minimum atomic E-state index is -1.40. The fraction of sp³-hybridized carbons (Fsp3) is 0.947. The quantitative estimate of drug-likeness (QED) is 0.233. The van der Waals surface area contributed by atoms with Crippen molar-refractivity contribution in [1.29, 1.82) is 0 Å². The average Bonchev–Trinajstić information content (AvgIpc) is 2.50. The molecule has 3 nitrogen and oxygen atoms in total. The Hall–Kier alpha value is 0.270. The van der Waals surface area contributed by atoms with E-state index in [0.717, 1.165) is 12.8 Å². The van der Waals surface area contributed by atoms with E-state index in [1.807, 2.05) is 0 Å². The van der Waals surface area contributed by atoms with Crippen LogP contribution in [0.5, 0.6) is 0 Å². The van der Waals surface area contributed by atoms with E-state index in [2.05, 4.69) is 11.7 Å². The fourth-order valence-corrected chi connectivity index (χ4v) is 2.81. The van der Waals surface area contributed by atoms with E-state index in [0.29, 0.717) is 6.61 Å². The molecule has 0 rings (SSSR count). The molecule has 0 amide bonds. The topological polar surface area (TPSA) is 49.4 Å². The zero-order valence-electron chi connectivity index (χ0n) is 15.7. The molecular weight excluding hydrogens is 299 g/mol. The van der Waals surface area contributed by atoms with E-state index < -0.39 is 6.16 Å². The minimum absolute atomic E-state index is 0. The predicted molar refractivity (Wildman–Crippen MR) is 90.9 cm³/mol. The van der Waals surface area contributed by atoms with E-state index in [-0.39, 0.29) is 29.6 Å². The van der Waals surface area contributed by atoms with Crippen molar-refractivity contribution in [1.82, 2.24) is 0 Å². The molecule has 0 aromatic carbocycles. The van der Waals surface area contributed by atoms with Crippen LogP contribution in [0.2, 0.25) is 0 Å². The molecule has 0 unspecified atom stereocenters. The Morgan fingerprint density at radius 3 is 1.26 bits per heavy atom. The van der Waals surface area contributed by atoms with Gasteiger partial charge < -0.3 is 14.6 Å². The van der Waals surface area contributed by atoms with Crippen molar-refractivity contribution in [2.45, 2.75) is 110 Å². The second kappa shape index (κ2) is 22.3. The molecule has 4 heteroatoms. The first-order valence-corrected chi connectivity index (χ1v) is 9.61. The van der Waals surface area contributed by atoms with Crippen molar-refractivity contribution in [3.8, 4) is 0 Å². The third-order valence-corrected chi connectivity index (χ3v) is 4.22. The number of hydrogen-bond donors (Lipinski definition) is 0. The van der Waals surface area contributed by atoms with Gasteiger partial charge in [-0.1, -0.05) is 103 Å². The maximum Gasteiger partial charge on any atom is 1.00 e. The monoisotopic (exact) mass is 336 g/mol. The number of ether oxygens (including phenoxy) is 1. The summed E-state index contributed by atoms with van der Waals surface area (Å²) < 4.78 is 4.37. The zero-order chi connectivity index (χ0) is 16.3. The van der Waals surface area contributed by atoms with E-state index >= 15 is 0 Å². The number of rotatable bonds is 17. The fourth-order valence-electron chi connectivity index (χ4n) is 2.81. The first-order chi connectivity index (χ1) is 10.8. The van der Waals surface area contributed by atoms with Gasteiger partial charge in [-0.2, -0.15) is 0 Å². The molecular formula is C19H37NaO3. The van der Waals surface area contributed by atoms with Gasteiger partial charge in [0.15, 0.2) is 0 Å². The van der Waals surface area contributed by atoms with Crippen LogP contribution >= 0.6 is 0 Å². The van der Waals surface area contributed by atoms with Gasteiger partial charge in [0.2, 0.25) is 0 Å². The molecule has 0 fully saturated rings. The summed E-state index contributed by atoms with van der Waals surface area (Å²) in [7, 11) is 0. The van der Waals surface area contributed by atoms with Crippen molar-refractivity contribution < 1.29 is 44.2 Å². The van der Waals surface area contributed by atoms with E-state index in [9.17, 15) is 9.90 Å². The van der Waals surface area contributed by atoms with Crippen LogP contribution in [0.1, 0.15) is 110 Å². The number of hydrogen-bond acceptors (Lipinski definition) is 3. The van der Waals surface area contributed by atoms with Crippen LogP contribution in [0.4, 0.5) is 4.79 Å². The third kappa shape index (κ3) is 24.6. The van der Waals surface area contributed by atoms with Crippen LogP contribution in [0.25, 0.3) is 0 Å². The molecule has 0 bridgehead atoms. The summed E-state index contributed by atoms with van der Waals surface area (Å²) in [6, 6.07) is 0. The van der Waals surface area contributed by atoms with Crippen molar-refractivity contribution >= 4 is 6.16 Å². The van der Waals surface area contributed by atoms with E-state index in [4.69, 9.17) is 0 Å². The van der Waals surface area contributed by atoms with Gasteiger partial charge in [-0.15, -0.1) is 0 Å². The van der Waals surface area contributed by atoms with Gasteiger partial charge in [0.25, 0.3) is 6.16 Å². The van der Waals surface area contributed by atoms with Gasteiger partial charge in [0.05, 0.1) is 0 Å². The Balaban J connectivity index is 0. The predicted octanol–water partition coefficient (Wildman–Crippen LogP) is 2.61. The van der Waals surface area contributed by atoms with Crippen molar-refractivity contribution in [2.24, 2.45) is 0 Å². The molecule has 0 aliphatic rings. The minimum Gasteiger partial charge on any atom is -0.550 e. The third-order valence-electron chi connectivity index (χ3n) is 4.22. The standard InChI is InChI=1S/C19H38O3.Na/c1-2-3-4-5-6-7-8-9-10-11-12-13-14-15-16-17-18-22-19(20)21;/h2-18H2,1H3,(H,20,21);/q;+1/p-1. The number of unbranched alkanes of at least 4 members (excludes halogenated alkanes) is 15. The number of carbonyl (C=O) groups is 1. The van der Waals surface area contributed by atoms with Gasteiger partial charge >= 0.3 is 29.6 Å². The summed E-state index contributed by atoms with van der Waals surface area (Å²) in [5, 5.41) is 10.0. The molecule has 0 N–H and O–H groups in total. The molecule has 0 atom stereocenters. The van der Waals surface area contributed by atoms with Gasteiger partial charge in [0, 0.05) is 6.61 Å². The van der Waals surface area contributed by atoms with E-state index in [1.165, 1.54) is 89.9 Å². The maximum atomic E-state index is 10.0. The van der Waals surface area contributed by atoms with Crippen LogP contribution in [0.3, 0.4) is 0 Å². The van der Waals surface area contributed by atoms with Crippen LogP contribution in [-0.2, 0) is 4.74 Å². The Morgan fingerprint density at radius 1 is 0.652 bits per heavy atom. The van der Waals surface area contributed by atoms with Crippen molar-refractivity contribution in [3.63, 3.8) is 0 Å². The number of carbonyl (C=O) groups excluding carboxylic acids is 1. The Bertz CT molecular complexity index is 235. The molecule has 0 spiro atoms. The van der Waals surface area contributed by atoms with Crippen LogP contribution in [0.15, 0.2) is 0 Å². The first kappa shape index (κ1) is 25.5. The van der Waals surface area contributed by atoms with Gasteiger partial charge in [-0.3, -0.25) is 0 Å². The molecule has 0 aliphatic carbocycles. The normalized spacial score (nSPS) is 10.3. The van der Waals surface area contributed by atoms with Gasteiger partial charge in [-0.05, 0) is 6.42 Å². The summed E-state index contributed by atoms with van der Waals surface area (Å²) in [4.78, 5) is 10.0. The summed E-state index contributed by atoms with van der Waals surface area (Å²) >= 11 is 0. The van der Waals surface area contributed by atoms with Gasteiger partial charge in [0.1, 0.15) is 0 Å². The second-order valence-corrected chi connectivity index (χ2v) is 6.40. The summed E-state index contributed by atoms with van der Waals surface area (Å²) in [5.74, 6) is 0. The van der Waals surface area contributed by atoms with Crippen molar-refractivity contribution in [3.05, 3.63) is 0 Å². The van der Waals surface area contributed by atoms with E-state index in [1.54, 1.807) is 0 Å². The molecule has 132 valence electrons. The van der Waals surface area contributed by atoms with Crippen LogP contribution < -0.4 is 34.7 Å². The molecule has 23 heavy (non-hydrogen) atoms. The summed E-state index contributed by atoms with van der Waals surface area (Å²) in [6.45, 7) is 2.56. The Kier molecular flexibility index (Phi) is 24.7. The second-order valence-electron chi connectivity index (χ2n) is 6.40. The SMILES string of the molecule is CCCCCCCCCCCCCCCCCCOC(=O)[O-].[Na+]. The zero-order valence-corrected chi connectivity index (χ0v) is 17.7. The van der Waals surface area contributed by atoms with Crippen molar-refractivity contribution in [2.75, 3.05) is 6.61 Å². The van der Waals surface area contributed by atoms with Crippen LogP contribution in [0, 0.1) is 0 Å². The average molecular weight is 336 g/mol. The molecule has 0 aromatic heterocycles. The Morgan fingerprint density at radius 2 is 0.957 bits per heavy atom. The maximum absolute atomic E-state index is 10.0. The molecule has 0 heterocycles. The Labute approximate surface area is 166 Å². The smallest absolute Gasteiger partial charge is 0.550 e. The summed E-state index contributed by atoms with van der Waals surface area (Å²) in [6.07, 6.45) is 19.7. The molecule has 0 radical (unpaired) electrons. The first-order valence-electron chi connectivity index (χ1n) is 9.61. The molecule has 0 saturated heterocycles. The largest absolute Gasteiger partial charge is 1.00 e. The summed E-state index contributed by atoms with van der Waals surface area (Å²) in [5.41, 5.74) is 0. The number of carboxylic acid groups (broad SMARTS) is 1. The van der Waals surface area contributed by atoms with Gasteiger partial charge in [-0.25, -0.2) is 0 Å². The molecule has 0 aromatic rings.